The lowest BCUT2D eigenvalue weighted by atomic mass is 10.0. The van der Waals surface area contributed by atoms with Crippen LogP contribution in [0.25, 0.3) is 0 Å². The van der Waals surface area contributed by atoms with Gasteiger partial charge in [0.15, 0.2) is 0 Å². The molecule has 1 heterocycles. The highest BCUT2D eigenvalue weighted by molar-refractivity contribution is 6.12. The molecular formula is C20H18N2. The van der Waals surface area contributed by atoms with E-state index in [1.165, 1.54) is 0 Å². The van der Waals surface area contributed by atoms with Gasteiger partial charge in [-0.05, 0) is 18.1 Å². The average molecular weight is 286 g/mol. The van der Waals surface area contributed by atoms with Crippen molar-refractivity contribution in [2.45, 2.75) is 13.5 Å². The van der Waals surface area contributed by atoms with Crippen molar-refractivity contribution in [3.05, 3.63) is 101 Å². The molecule has 0 atom stereocenters. The molecule has 22 heavy (non-hydrogen) atoms. The smallest absolute Gasteiger partial charge is 0.0723 e. The Morgan fingerprint density at radius 2 is 1.45 bits per heavy atom. The van der Waals surface area contributed by atoms with Crippen LogP contribution in [0, 0.1) is 6.92 Å². The molecular weight excluding hydrogens is 268 g/mol. The monoisotopic (exact) mass is 286 g/mol. The second-order valence-corrected chi connectivity index (χ2v) is 5.27. The lowest BCUT2D eigenvalue weighted by molar-refractivity contribution is 1.04. The Bertz CT molecular complexity index is 720. The van der Waals surface area contributed by atoms with Crippen LogP contribution in [0.2, 0.25) is 0 Å². The van der Waals surface area contributed by atoms with E-state index in [0.29, 0.717) is 6.54 Å². The minimum absolute atomic E-state index is 0.633. The van der Waals surface area contributed by atoms with Crippen molar-refractivity contribution in [3.8, 4) is 0 Å². The lowest BCUT2D eigenvalue weighted by Crippen LogP contribution is -2.04. The van der Waals surface area contributed by atoms with Gasteiger partial charge in [-0.2, -0.15) is 0 Å². The molecule has 2 heteroatoms. The first-order chi connectivity index (χ1) is 10.8. The molecule has 0 unspecified atom stereocenters. The van der Waals surface area contributed by atoms with Crippen molar-refractivity contribution in [2.24, 2.45) is 4.99 Å². The zero-order valence-corrected chi connectivity index (χ0v) is 12.6. The topological polar surface area (TPSA) is 25.2 Å². The molecule has 108 valence electrons. The number of aromatic nitrogens is 1. The highest BCUT2D eigenvalue weighted by atomic mass is 14.7. The average Bonchev–Trinajstić information content (AvgIpc) is 2.57. The maximum atomic E-state index is 4.85. The molecule has 3 rings (SSSR count). The van der Waals surface area contributed by atoms with E-state index in [1.54, 1.807) is 0 Å². The molecule has 0 aliphatic rings. The standard InChI is InChI=1S/C20H18N2/c1-16-12-17(14-21-13-16)15-22-20(18-8-4-2-5-9-18)19-10-6-3-7-11-19/h2-14H,15H2,1H3. The number of pyridine rings is 1. The molecule has 0 fully saturated rings. The van der Waals surface area contributed by atoms with Gasteiger partial charge in [-0.25, -0.2) is 0 Å². The number of rotatable bonds is 4. The van der Waals surface area contributed by atoms with Gasteiger partial charge in [-0.3, -0.25) is 9.98 Å². The van der Waals surface area contributed by atoms with Crippen LogP contribution in [0.15, 0.2) is 84.1 Å². The molecule has 0 radical (unpaired) electrons. The van der Waals surface area contributed by atoms with Crippen molar-refractivity contribution in [2.75, 3.05) is 0 Å². The molecule has 0 N–H and O–H groups in total. The third-order valence-electron chi connectivity index (χ3n) is 3.45. The van der Waals surface area contributed by atoms with Crippen LogP contribution in [0.3, 0.4) is 0 Å². The number of benzene rings is 2. The summed E-state index contributed by atoms with van der Waals surface area (Å²) in [6, 6.07) is 22.7. The summed E-state index contributed by atoms with van der Waals surface area (Å²) in [5.74, 6) is 0. The van der Waals surface area contributed by atoms with Gasteiger partial charge < -0.3 is 0 Å². The van der Waals surface area contributed by atoms with Crippen molar-refractivity contribution < 1.29 is 0 Å². The number of hydrogen-bond acceptors (Lipinski definition) is 2. The first-order valence-corrected chi connectivity index (χ1v) is 7.39. The number of hydrogen-bond donors (Lipinski definition) is 0. The molecule has 0 saturated heterocycles. The van der Waals surface area contributed by atoms with Crippen LogP contribution < -0.4 is 0 Å². The van der Waals surface area contributed by atoms with E-state index in [0.717, 1.165) is 28.0 Å². The van der Waals surface area contributed by atoms with Crippen LogP contribution in [0.4, 0.5) is 0 Å². The normalized spacial score (nSPS) is 10.2. The van der Waals surface area contributed by atoms with Crippen molar-refractivity contribution in [1.82, 2.24) is 4.98 Å². The van der Waals surface area contributed by atoms with Gasteiger partial charge in [0.05, 0.1) is 12.3 Å². The van der Waals surface area contributed by atoms with Gasteiger partial charge >= 0.3 is 0 Å². The van der Waals surface area contributed by atoms with Crippen molar-refractivity contribution >= 4 is 5.71 Å². The quantitative estimate of drug-likeness (QED) is 0.651. The van der Waals surface area contributed by atoms with Crippen LogP contribution in [-0.2, 0) is 6.54 Å². The van der Waals surface area contributed by atoms with Gasteiger partial charge in [0.1, 0.15) is 0 Å². The third kappa shape index (κ3) is 3.47. The predicted octanol–water partition coefficient (Wildman–Crippen LogP) is 4.43. The zero-order valence-electron chi connectivity index (χ0n) is 12.6. The summed E-state index contributed by atoms with van der Waals surface area (Å²) in [7, 11) is 0. The van der Waals surface area contributed by atoms with E-state index < -0.39 is 0 Å². The van der Waals surface area contributed by atoms with Crippen LogP contribution in [0.5, 0.6) is 0 Å². The van der Waals surface area contributed by atoms with E-state index in [9.17, 15) is 0 Å². The molecule has 0 saturated carbocycles. The van der Waals surface area contributed by atoms with Crippen LogP contribution >= 0.6 is 0 Å². The minimum Gasteiger partial charge on any atom is -0.279 e. The largest absolute Gasteiger partial charge is 0.279 e. The Morgan fingerprint density at radius 3 is 2.00 bits per heavy atom. The second kappa shape index (κ2) is 6.81. The number of aryl methyl sites for hydroxylation is 1. The molecule has 1 aromatic heterocycles. The molecule has 0 bridgehead atoms. The first-order valence-electron chi connectivity index (χ1n) is 7.39. The number of aliphatic imine (C=N–C) groups is 1. The van der Waals surface area contributed by atoms with Crippen LogP contribution in [-0.4, -0.2) is 10.7 Å². The van der Waals surface area contributed by atoms with Crippen molar-refractivity contribution in [3.63, 3.8) is 0 Å². The summed E-state index contributed by atoms with van der Waals surface area (Å²) in [6.07, 6.45) is 3.74. The Labute approximate surface area is 131 Å². The molecule has 2 nitrogen and oxygen atoms in total. The third-order valence-corrected chi connectivity index (χ3v) is 3.45. The zero-order chi connectivity index (χ0) is 15.2. The molecule has 0 aliphatic carbocycles. The fourth-order valence-corrected chi connectivity index (χ4v) is 2.42. The summed E-state index contributed by atoms with van der Waals surface area (Å²) in [6.45, 7) is 2.68. The minimum atomic E-state index is 0.633. The van der Waals surface area contributed by atoms with Gasteiger partial charge in [-0.1, -0.05) is 66.7 Å². The lowest BCUT2D eigenvalue weighted by Gasteiger charge is -2.08. The molecule has 2 aromatic carbocycles. The Kier molecular flexibility index (Phi) is 4.40. The van der Waals surface area contributed by atoms with Gasteiger partial charge in [0, 0.05) is 23.5 Å². The van der Waals surface area contributed by atoms with Gasteiger partial charge in [0.2, 0.25) is 0 Å². The molecule has 0 amide bonds. The molecule has 3 aromatic rings. The maximum absolute atomic E-state index is 4.85. The summed E-state index contributed by atoms with van der Waals surface area (Å²) < 4.78 is 0. The first kappa shape index (κ1) is 14.2. The van der Waals surface area contributed by atoms with E-state index in [2.05, 4.69) is 42.2 Å². The van der Waals surface area contributed by atoms with Crippen LogP contribution in [0.1, 0.15) is 22.3 Å². The summed E-state index contributed by atoms with van der Waals surface area (Å²) in [5.41, 5.74) is 5.57. The Morgan fingerprint density at radius 1 is 0.864 bits per heavy atom. The highest BCUT2D eigenvalue weighted by Gasteiger charge is 2.06. The molecule has 0 aliphatic heterocycles. The summed E-state index contributed by atoms with van der Waals surface area (Å²) in [5, 5.41) is 0. The summed E-state index contributed by atoms with van der Waals surface area (Å²) >= 11 is 0. The highest BCUT2D eigenvalue weighted by Crippen LogP contribution is 2.13. The van der Waals surface area contributed by atoms with E-state index in [1.807, 2.05) is 48.8 Å². The van der Waals surface area contributed by atoms with Gasteiger partial charge in [-0.15, -0.1) is 0 Å². The second-order valence-electron chi connectivity index (χ2n) is 5.27. The van der Waals surface area contributed by atoms with Gasteiger partial charge in [0.25, 0.3) is 0 Å². The molecule has 0 spiro atoms. The maximum Gasteiger partial charge on any atom is 0.0723 e. The van der Waals surface area contributed by atoms with Crippen molar-refractivity contribution in [1.29, 1.82) is 0 Å². The Balaban J connectivity index is 1.97. The number of nitrogens with zero attached hydrogens (tertiary/aromatic N) is 2. The predicted molar refractivity (Wildman–Crippen MR) is 91.2 cm³/mol. The fraction of sp³-hybridized carbons (Fsp3) is 0.100. The van der Waals surface area contributed by atoms with E-state index in [4.69, 9.17) is 4.99 Å². The van der Waals surface area contributed by atoms with E-state index in [-0.39, 0.29) is 0 Å². The fourth-order valence-electron chi connectivity index (χ4n) is 2.42. The SMILES string of the molecule is Cc1cncc(CN=C(c2ccccc2)c2ccccc2)c1. The van der Waals surface area contributed by atoms with E-state index >= 15 is 0 Å². The Hall–Kier alpha value is -2.74. The summed E-state index contributed by atoms with van der Waals surface area (Å²) in [4.78, 5) is 9.09.